The maximum Gasteiger partial charge on any atom is 0.497 e. The van der Waals surface area contributed by atoms with Crippen LogP contribution in [0.15, 0.2) is 11.6 Å². The molecule has 1 saturated heterocycles. The summed E-state index contributed by atoms with van der Waals surface area (Å²) in [4.78, 5) is 0. The molecule has 0 aliphatic carbocycles. The summed E-state index contributed by atoms with van der Waals surface area (Å²) in [7, 11) is -0.265. The van der Waals surface area contributed by atoms with E-state index in [4.69, 9.17) is 9.31 Å². The van der Waals surface area contributed by atoms with Crippen LogP contribution in [0.3, 0.4) is 0 Å². The van der Waals surface area contributed by atoms with Gasteiger partial charge < -0.3 is 9.31 Å². The van der Waals surface area contributed by atoms with Crippen molar-refractivity contribution >= 4 is 24.1 Å². The van der Waals surface area contributed by atoms with Gasteiger partial charge in [0.2, 0.25) is 0 Å². The molecule has 0 amide bonds. The molecule has 3 nitrogen and oxygen atoms in total. The van der Waals surface area contributed by atoms with E-state index < -0.39 is 0 Å². The fraction of sp³-hybridized carbons (Fsp3) is 0.667. The van der Waals surface area contributed by atoms with Crippen LogP contribution in [0.5, 0.6) is 0 Å². The SMILES string of the molecule is CC1(C)OB(c2cnsc2)OC1(C)C. The fourth-order valence-electron chi connectivity index (χ4n) is 1.31. The molecule has 1 aliphatic heterocycles. The van der Waals surface area contributed by atoms with Crippen molar-refractivity contribution in [3.63, 3.8) is 0 Å². The Balaban J connectivity index is 2.22. The topological polar surface area (TPSA) is 31.4 Å². The van der Waals surface area contributed by atoms with Crippen molar-refractivity contribution in [1.29, 1.82) is 0 Å². The van der Waals surface area contributed by atoms with Crippen molar-refractivity contribution in [3.05, 3.63) is 11.6 Å². The Morgan fingerprint density at radius 1 is 1.21 bits per heavy atom. The zero-order valence-corrected chi connectivity index (χ0v) is 9.72. The van der Waals surface area contributed by atoms with Crippen LogP contribution in [0.4, 0.5) is 0 Å². The molecule has 0 radical (unpaired) electrons. The van der Waals surface area contributed by atoms with E-state index in [-0.39, 0.29) is 18.3 Å². The number of rotatable bonds is 1. The molecule has 0 bridgehead atoms. The van der Waals surface area contributed by atoms with E-state index in [1.165, 1.54) is 11.5 Å². The van der Waals surface area contributed by atoms with Crippen molar-refractivity contribution < 1.29 is 9.31 Å². The van der Waals surface area contributed by atoms with Gasteiger partial charge in [0, 0.05) is 17.0 Å². The molecular weight excluding hydrogens is 197 g/mol. The molecule has 14 heavy (non-hydrogen) atoms. The Morgan fingerprint density at radius 2 is 1.79 bits per heavy atom. The van der Waals surface area contributed by atoms with Crippen molar-refractivity contribution in [2.45, 2.75) is 38.9 Å². The van der Waals surface area contributed by atoms with Crippen molar-refractivity contribution in [1.82, 2.24) is 4.37 Å². The van der Waals surface area contributed by atoms with Crippen LogP contribution in [-0.2, 0) is 9.31 Å². The second-order valence-electron chi connectivity index (χ2n) is 4.55. The number of aromatic nitrogens is 1. The molecule has 2 rings (SSSR count). The number of nitrogens with zero attached hydrogens (tertiary/aromatic N) is 1. The largest absolute Gasteiger partial charge is 0.497 e. The van der Waals surface area contributed by atoms with Crippen LogP contribution >= 0.6 is 11.5 Å². The van der Waals surface area contributed by atoms with Gasteiger partial charge in [0.15, 0.2) is 0 Å². The zero-order valence-electron chi connectivity index (χ0n) is 8.90. The van der Waals surface area contributed by atoms with E-state index >= 15 is 0 Å². The van der Waals surface area contributed by atoms with Crippen LogP contribution in [0.1, 0.15) is 27.7 Å². The summed E-state index contributed by atoms with van der Waals surface area (Å²) in [6, 6.07) is 0. The Morgan fingerprint density at radius 3 is 2.21 bits per heavy atom. The van der Waals surface area contributed by atoms with Gasteiger partial charge in [0.05, 0.1) is 11.2 Å². The highest BCUT2D eigenvalue weighted by Crippen LogP contribution is 2.36. The minimum atomic E-state index is -0.265. The predicted molar refractivity (Wildman–Crippen MR) is 57.8 cm³/mol. The third-order valence-electron chi connectivity index (χ3n) is 2.98. The Bertz CT molecular complexity index is 308. The normalized spacial score (nSPS) is 24.1. The number of hydrogen-bond acceptors (Lipinski definition) is 4. The average molecular weight is 211 g/mol. The molecule has 5 heteroatoms. The van der Waals surface area contributed by atoms with Gasteiger partial charge in [-0.05, 0) is 39.2 Å². The van der Waals surface area contributed by atoms with Crippen LogP contribution in [0.2, 0.25) is 0 Å². The minimum absolute atomic E-state index is 0.264. The number of hydrogen-bond donors (Lipinski definition) is 0. The first-order valence-electron chi connectivity index (χ1n) is 4.67. The third-order valence-corrected chi connectivity index (χ3v) is 3.58. The quantitative estimate of drug-likeness (QED) is 0.658. The van der Waals surface area contributed by atoms with Gasteiger partial charge in [-0.2, -0.15) is 0 Å². The van der Waals surface area contributed by atoms with Crippen molar-refractivity contribution in [3.8, 4) is 0 Å². The van der Waals surface area contributed by atoms with Gasteiger partial charge in [-0.1, -0.05) is 0 Å². The molecule has 0 saturated carbocycles. The van der Waals surface area contributed by atoms with Crippen molar-refractivity contribution in [2.24, 2.45) is 0 Å². The first-order chi connectivity index (χ1) is 6.42. The van der Waals surface area contributed by atoms with Gasteiger partial charge in [-0.25, -0.2) is 4.37 Å². The standard InChI is InChI=1S/C9H14BNO2S/c1-8(2)9(3,4)13-10(12-8)7-5-11-14-6-7/h5-6H,1-4H3. The maximum atomic E-state index is 5.85. The van der Waals surface area contributed by atoms with Gasteiger partial charge in [-0.3, -0.25) is 0 Å². The zero-order chi connectivity index (χ0) is 10.4. The Labute approximate surface area is 88.7 Å². The fourth-order valence-corrected chi connectivity index (χ4v) is 1.85. The molecule has 1 aromatic heterocycles. The van der Waals surface area contributed by atoms with Gasteiger partial charge in [-0.15, -0.1) is 0 Å². The van der Waals surface area contributed by atoms with E-state index in [0.717, 1.165) is 5.46 Å². The van der Waals surface area contributed by atoms with E-state index in [1.54, 1.807) is 6.20 Å². The monoisotopic (exact) mass is 211 g/mol. The summed E-state index contributed by atoms with van der Waals surface area (Å²) in [5.41, 5.74) is 0.479. The summed E-state index contributed by atoms with van der Waals surface area (Å²) in [6.07, 6.45) is 1.80. The first-order valence-corrected chi connectivity index (χ1v) is 5.51. The van der Waals surface area contributed by atoms with Gasteiger partial charge in [0.25, 0.3) is 0 Å². The molecule has 1 aliphatic rings. The molecule has 0 aromatic carbocycles. The molecule has 0 N–H and O–H groups in total. The molecule has 0 spiro atoms. The molecule has 0 atom stereocenters. The lowest BCUT2D eigenvalue weighted by molar-refractivity contribution is 0.00578. The average Bonchev–Trinajstić information content (AvgIpc) is 2.58. The lowest BCUT2D eigenvalue weighted by Crippen LogP contribution is -2.41. The Hall–Kier alpha value is -0.385. The third kappa shape index (κ3) is 1.49. The lowest BCUT2D eigenvalue weighted by Gasteiger charge is -2.32. The molecule has 0 unspecified atom stereocenters. The maximum absolute atomic E-state index is 5.85. The van der Waals surface area contributed by atoms with Crippen molar-refractivity contribution in [2.75, 3.05) is 0 Å². The summed E-state index contributed by atoms with van der Waals surface area (Å²) >= 11 is 1.42. The molecule has 1 fully saturated rings. The van der Waals surface area contributed by atoms with E-state index in [1.807, 2.05) is 33.1 Å². The van der Waals surface area contributed by atoms with Gasteiger partial charge >= 0.3 is 7.12 Å². The second-order valence-corrected chi connectivity index (χ2v) is 5.20. The predicted octanol–water partition coefficient (Wildman–Crippen LogP) is 1.44. The van der Waals surface area contributed by atoms with Crippen LogP contribution in [0.25, 0.3) is 0 Å². The second kappa shape index (κ2) is 3.05. The summed E-state index contributed by atoms with van der Waals surface area (Å²) in [6.45, 7) is 8.19. The van der Waals surface area contributed by atoms with Crippen LogP contribution in [-0.4, -0.2) is 22.7 Å². The molecule has 2 heterocycles. The van der Waals surface area contributed by atoms with Gasteiger partial charge in [0.1, 0.15) is 0 Å². The molecule has 76 valence electrons. The van der Waals surface area contributed by atoms with Crippen LogP contribution < -0.4 is 5.46 Å². The highest BCUT2D eigenvalue weighted by molar-refractivity contribution is 7.04. The minimum Gasteiger partial charge on any atom is -0.399 e. The smallest absolute Gasteiger partial charge is 0.399 e. The Kier molecular flexibility index (Phi) is 2.21. The van der Waals surface area contributed by atoms with E-state index in [0.29, 0.717) is 0 Å². The summed E-state index contributed by atoms with van der Waals surface area (Å²) in [5.74, 6) is 0. The summed E-state index contributed by atoms with van der Waals surface area (Å²) < 4.78 is 15.7. The first kappa shape index (κ1) is 10.1. The molecular formula is C9H14BNO2S. The summed E-state index contributed by atoms with van der Waals surface area (Å²) in [5, 5.41) is 1.96. The highest BCUT2D eigenvalue weighted by Gasteiger charge is 2.51. The van der Waals surface area contributed by atoms with Crippen LogP contribution in [0, 0.1) is 0 Å². The molecule has 1 aromatic rings. The van der Waals surface area contributed by atoms with E-state index in [9.17, 15) is 0 Å². The lowest BCUT2D eigenvalue weighted by atomic mass is 9.82. The highest BCUT2D eigenvalue weighted by atomic mass is 32.1. The van der Waals surface area contributed by atoms with E-state index in [2.05, 4.69) is 4.37 Å².